The van der Waals surface area contributed by atoms with Crippen molar-refractivity contribution in [2.24, 2.45) is 0 Å². The van der Waals surface area contributed by atoms with E-state index in [1.54, 1.807) is 10.9 Å². The molecule has 202 valence electrons. The van der Waals surface area contributed by atoms with E-state index in [1.807, 2.05) is 0 Å². The van der Waals surface area contributed by atoms with E-state index in [9.17, 15) is 44.6 Å². The molecule has 1 aliphatic heterocycles. The van der Waals surface area contributed by atoms with Gasteiger partial charge < -0.3 is 14.9 Å². The number of hydrogen-bond donors (Lipinski definition) is 2. The molecule has 2 aromatic rings. The lowest BCUT2D eigenvalue weighted by Gasteiger charge is -2.32. The number of rotatable bonds is 5. The van der Waals surface area contributed by atoms with Crippen molar-refractivity contribution in [1.82, 2.24) is 14.7 Å². The van der Waals surface area contributed by atoms with Gasteiger partial charge in [0.1, 0.15) is 0 Å². The van der Waals surface area contributed by atoms with Crippen LogP contribution in [0.3, 0.4) is 0 Å². The highest BCUT2D eigenvalue weighted by molar-refractivity contribution is 5.73. The minimum atomic E-state index is -5.91. The highest BCUT2D eigenvalue weighted by Crippen LogP contribution is 2.50. The average Bonchev–Trinajstić information content (AvgIpc) is 3.25. The molecule has 0 unspecified atom stereocenters. The molecular formula is C20H20F9N3O4. The Morgan fingerprint density at radius 1 is 0.889 bits per heavy atom. The summed E-state index contributed by atoms with van der Waals surface area (Å²) in [4.78, 5) is 11.1. The van der Waals surface area contributed by atoms with Crippen LogP contribution in [0.15, 0.2) is 36.7 Å². The zero-order valence-corrected chi connectivity index (χ0v) is 18.2. The number of benzene rings is 1. The van der Waals surface area contributed by atoms with Crippen LogP contribution < -0.4 is 0 Å². The monoisotopic (exact) mass is 537 g/mol. The molecule has 36 heavy (non-hydrogen) atoms. The Kier molecular flexibility index (Phi) is 9.01. The normalized spacial score (nSPS) is 15.8. The van der Waals surface area contributed by atoms with Gasteiger partial charge >= 0.3 is 24.5 Å². The first-order valence-electron chi connectivity index (χ1n) is 10.1. The van der Waals surface area contributed by atoms with E-state index in [-0.39, 0.29) is 0 Å². The maximum absolute atomic E-state index is 13.0. The van der Waals surface area contributed by atoms with Crippen molar-refractivity contribution in [2.45, 2.75) is 30.7 Å². The summed E-state index contributed by atoms with van der Waals surface area (Å²) in [5.74, 6) is -2.76. The number of alkyl halides is 9. The van der Waals surface area contributed by atoms with E-state index in [4.69, 9.17) is 14.6 Å². The van der Waals surface area contributed by atoms with Crippen molar-refractivity contribution in [2.75, 3.05) is 32.8 Å². The molecule has 1 aromatic heterocycles. The molecule has 0 atom stereocenters. The lowest BCUT2D eigenvalue weighted by atomic mass is 9.91. The number of carboxylic acid groups (broad SMARTS) is 1. The van der Waals surface area contributed by atoms with Crippen molar-refractivity contribution in [3.05, 3.63) is 42.2 Å². The molecule has 3 rings (SSSR count). The summed E-state index contributed by atoms with van der Waals surface area (Å²) in [5, 5.41) is 20.7. The van der Waals surface area contributed by atoms with E-state index in [2.05, 4.69) is 10.00 Å². The van der Waals surface area contributed by atoms with Crippen LogP contribution in [-0.4, -0.2) is 82.2 Å². The van der Waals surface area contributed by atoms with Crippen molar-refractivity contribution in [3.63, 3.8) is 0 Å². The largest absolute Gasteiger partial charge is 0.490 e. The topological polar surface area (TPSA) is 87.8 Å². The first-order valence-corrected chi connectivity index (χ1v) is 10.1. The molecule has 1 aliphatic rings. The number of aromatic nitrogens is 2. The van der Waals surface area contributed by atoms with Gasteiger partial charge in [0, 0.05) is 37.0 Å². The predicted octanol–water partition coefficient (Wildman–Crippen LogP) is 3.83. The Morgan fingerprint density at radius 3 is 1.83 bits per heavy atom. The van der Waals surface area contributed by atoms with Gasteiger partial charge in [0.15, 0.2) is 0 Å². The fourth-order valence-corrected chi connectivity index (χ4v) is 3.10. The van der Waals surface area contributed by atoms with Crippen molar-refractivity contribution in [3.8, 4) is 11.1 Å². The third kappa shape index (κ3) is 7.10. The number of halogens is 9. The summed E-state index contributed by atoms with van der Waals surface area (Å²) in [6, 6.07) is 3.45. The van der Waals surface area contributed by atoms with E-state index in [0.29, 0.717) is 43.0 Å². The lowest BCUT2D eigenvalue weighted by molar-refractivity contribution is -0.376. The van der Waals surface area contributed by atoms with Gasteiger partial charge in [0.05, 0.1) is 26.0 Å². The molecule has 1 aromatic carbocycles. The second kappa shape index (κ2) is 11.0. The number of morpholine rings is 1. The molecule has 0 bridgehead atoms. The van der Waals surface area contributed by atoms with Gasteiger partial charge in [-0.3, -0.25) is 9.58 Å². The average molecular weight is 537 g/mol. The summed E-state index contributed by atoms with van der Waals surface area (Å²) in [7, 11) is 0. The number of ether oxygens (including phenoxy) is 1. The first-order chi connectivity index (χ1) is 16.5. The number of aliphatic carboxylic acids is 1. The van der Waals surface area contributed by atoms with E-state index >= 15 is 0 Å². The van der Waals surface area contributed by atoms with Crippen LogP contribution in [0.4, 0.5) is 39.5 Å². The Balaban J connectivity index is 0.000000572. The predicted molar refractivity (Wildman–Crippen MR) is 105 cm³/mol. The molecule has 0 amide bonds. The quantitative estimate of drug-likeness (QED) is 0.564. The SMILES string of the molecule is O=C(O)C(F)(F)F.OC(c1ccc(-c2cnn(CCN3CCOCC3)c2)cc1)(C(F)(F)F)C(F)(F)F. The smallest absolute Gasteiger partial charge is 0.475 e. The summed E-state index contributed by atoms with van der Waals surface area (Å²) in [6.07, 6.45) is -13.8. The van der Waals surface area contributed by atoms with Crippen molar-refractivity contribution in [1.29, 1.82) is 0 Å². The fraction of sp³-hybridized carbons (Fsp3) is 0.500. The Morgan fingerprint density at radius 2 is 1.39 bits per heavy atom. The molecule has 7 nitrogen and oxygen atoms in total. The van der Waals surface area contributed by atoms with Gasteiger partial charge in [0.2, 0.25) is 0 Å². The van der Waals surface area contributed by atoms with Gasteiger partial charge in [-0.15, -0.1) is 0 Å². The minimum absolute atomic E-state index is 0.387. The molecular weight excluding hydrogens is 517 g/mol. The molecule has 16 heteroatoms. The molecule has 0 spiro atoms. The van der Waals surface area contributed by atoms with Crippen LogP contribution >= 0.6 is 0 Å². The number of hydrogen-bond acceptors (Lipinski definition) is 5. The molecule has 0 aliphatic carbocycles. The van der Waals surface area contributed by atoms with Crippen LogP contribution in [-0.2, 0) is 21.7 Å². The molecule has 2 heterocycles. The Hall–Kier alpha value is -2.85. The third-order valence-corrected chi connectivity index (χ3v) is 5.08. The van der Waals surface area contributed by atoms with Crippen molar-refractivity contribution < 1.29 is 59.3 Å². The van der Waals surface area contributed by atoms with E-state index < -0.39 is 35.7 Å². The van der Waals surface area contributed by atoms with Gasteiger partial charge in [-0.05, 0) is 5.56 Å². The zero-order valence-electron chi connectivity index (χ0n) is 18.2. The zero-order chi connectivity index (χ0) is 27.4. The molecule has 2 N–H and O–H groups in total. The van der Waals surface area contributed by atoms with E-state index in [1.165, 1.54) is 6.20 Å². The van der Waals surface area contributed by atoms with Gasteiger partial charge in [-0.1, -0.05) is 24.3 Å². The van der Waals surface area contributed by atoms with Crippen molar-refractivity contribution >= 4 is 5.97 Å². The molecule has 1 fully saturated rings. The van der Waals surface area contributed by atoms with Crippen LogP contribution in [0.2, 0.25) is 0 Å². The molecule has 1 saturated heterocycles. The van der Waals surface area contributed by atoms with Gasteiger partial charge in [-0.25, -0.2) is 4.79 Å². The second-order valence-corrected chi connectivity index (χ2v) is 7.53. The number of carboxylic acids is 1. The van der Waals surface area contributed by atoms with Crippen LogP contribution in [0.5, 0.6) is 0 Å². The minimum Gasteiger partial charge on any atom is -0.475 e. The Labute approximate surface area is 197 Å². The highest BCUT2D eigenvalue weighted by atomic mass is 19.4. The van der Waals surface area contributed by atoms with Crippen LogP contribution in [0, 0.1) is 0 Å². The van der Waals surface area contributed by atoms with E-state index in [0.717, 1.165) is 31.8 Å². The fourth-order valence-electron chi connectivity index (χ4n) is 3.10. The maximum Gasteiger partial charge on any atom is 0.490 e. The molecule has 0 saturated carbocycles. The third-order valence-electron chi connectivity index (χ3n) is 5.08. The first kappa shape index (κ1) is 29.4. The molecule has 0 radical (unpaired) electrons. The number of nitrogens with zero attached hydrogens (tertiary/aromatic N) is 3. The standard InChI is InChI=1S/C18H19F6N3O2.C2HF3O2/c19-17(20,21)16(28,18(22,23)24)15-3-1-13(2-4-15)14-11-25-27(12-14)6-5-26-7-9-29-10-8-26;3-2(4,5)1(6)7/h1-4,11-12,28H,5-10H2;(H,6,7). The summed E-state index contributed by atoms with van der Waals surface area (Å²) in [6.45, 7) is 4.29. The Bertz CT molecular complexity index is 982. The maximum atomic E-state index is 13.0. The summed E-state index contributed by atoms with van der Waals surface area (Å²) >= 11 is 0. The van der Waals surface area contributed by atoms with Crippen LogP contribution in [0.25, 0.3) is 11.1 Å². The van der Waals surface area contributed by atoms with Gasteiger partial charge in [-0.2, -0.15) is 44.6 Å². The lowest BCUT2D eigenvalue weighted by Crippen LogP contribution is -2.53. The number of aliphatic hydroxyl groups is 1. The summed E-state index contributed by atoms with van der Waals surface area (Å²) < 4.78 is 116. The second-order valence-electron chi connectivity index (χ2n) is 7.53. The summed E-state index contributed by atoms with van der Waals surface area (Å²) in [5.41, 5.74) is -5.29. The number of carbonyl (C=O) groups is 1. The van der Waals surface area contributed by atoms with Crippen LogP contribution in [0.1, 0.15) is 5.56 Å². The van der Waals surface area contributed by atoms with Gasteiger partial charge in [0.25, 0.3) is 5.60 Å². The highest BCUT2D eigenvalue weighted by Gasteiger charge is 2.71.